The number of carbonyl (C=O) groups excluding carboxylic acids is 1. The normalized spacial score (nSPS) is 14.9. The van der Waals surface area contributed by atoms with Crippen LogP contribution in [0.1, 0.15) is 42.6 Å². The zero-order valence-electron chi connectivity index (χ0n) is 11.2. The molecule has 98 valence electrons. The van der Waals surface area contributed by atoms with E-state index < -0.39 is 0 Å². The first-order valence-electron chi connectivity index (χ1n) is 6.56. The molecule has 1 aliphatic rings. The lowest BCUT2D eigenvalue weighted by molar-refractivity contribution is 0.0721. The second-order valence-corrected chi connectivity index (χ2v) is 6.42. The second kappa shape index (κ2) is 5.43. The van der Waals surface area contributed by atoms with Crippen LogP contribution in [0.15, 0.2) is 22.7 Å². The van der Waals surface area contributed by atoms with E-state index in [9.17, 15) is 4.79 Å². The lowest BCUT2D eigenvalue weighted by Gasteiger charge is -2.25. The summed E-state index contributed by atoms with van der Waals surface area (Å²) in [5, 5.41) is 0. The van der Waals surface area contributed by atoms with Crippen LogP contribution in [0.4, 0.5) is 0 Å². The van der Waals surface area contributed by atoms with Gasteiger partial charge < -0.3 is 4.90 Å². The van der Waals surface area contributed by atoms with Crippen LogP contribution in [0, 0.1) is 12.8 Å². The van der Waals surface area contributed by atoms with Gasteiger partial charge in [0.2, 0.25) is 0 Å². The highest BCUT2D eigenvalue weighted by atomic mass is 79.9. The topological polar surface area (TPSA) is 20.3 Å². The van der Waals surface area contributed by atoms with Gasteiger partial charge in [0.25, 0.3) is 5.91 Å². The number of benzene rings is 1. The number of nitrogens with zero attached hydrogens (tertiary/aromatic N) is 1. The maximum atomic E-state index is 12.6. The van der Waals surface area contributed by atoms with Crippen LogP contribution in [0.3, 0.4) is 0 Å². The zero-order valence-corrected chi connectivity index (χ0v) is 12.8. The molecular formula is C15H20BrNO. The van der Waals surface area contributed by atoms with Crippen molar-refractivity contribution in [1.82, 2.24) is 4.90 Å². The fourth-order valence-electron chi connectivity index (χ4n) is 2.13. The molecule has 0 aliphatic heterocycles. The second-order valence-electron chi connectivity index (χ2n) is 5.57. The van der Waals surface area contributed by atoms with Gasteiger partial charge in [-0.3, -0.25) is 4.79 Å². The maximum absolute atomic E-state index is 12.6. The zero-order chi connectivity index (χ0) is 13.3. The lowest BCUT2D eigenvalue weighted by atomic mass is 10.1. The number of hydrogen-bond donors (Lipinski definition) is 0. The predicted molar refractivity (Wildman–Crippen MR) is 77.8 cm³/mol. The minimum Gasteiger partial charge on any atom is -0.335 e. The average Bonchev–Trinajstić information content (AvgIpc) is 3.08. The summed E-state index contributed by atoms with van der Waals surface area (Å²) in [4.78, 5) is 14.6. The quantitative estimate of drug-likeness (QED) is 0.822. The van der Waals surface area contributed by atoms with Crippen molar-refractivity contribution in [3.8, 4) is 0 Å². The number of carbonyl (C=O) groups is 1. The molecule has 3 heteroatoms. The average molecular weight is 310 g/mol. The molecule has 1 aliphatic carbocycles. The summed E-state index contributed by atoms with van der Waals surface area (Å²) in [7, 11) is 0. The van der Waals surface area contributed by atoms with Gasteiger partial charge in [0.15, 0.2) is 0 Å². The summed E-state index contributed by atoms with van der Waals surface area (Å²) in [6, 6.07) is 6.40. The molecule has 0 unspecified atom stereocenters. The number of halogens is 1. The van der Waals surface area contributed by atoms with Gasteiger partial charge in [0.05, 0.1) is 5.56 Å². The van der Waals surface area contributed by atoms with Gasteiger partial charge in [-0.25, -0.2) is 0 Å². The van der Waals surface area contributed by atoms with Gasteiger partial charge in [-0.05, 0) is 59.3 Å². The van der Waals surface area contributed by atoms with E-state index in [1.807, 2.05) is 30.0 Å². The van der Waals surface area contributed by atoms with Gasteiger partial charge in [0.1, 0.15) is 0 Å². The minimum absolute atomic E-state index is 0.165. The van der Waals surface area contributed by atoms with E-state index in [0.717, 1.165) is 29.4 Å². The maximum Gasteiger partial charge on any atom is 0.255 e. The Hall–Kier alpha value is -0.830. The molecule has 0 saturated heterocycles. The third-order valence-corrected chi connectivity index (χ3v) is 3.82. The molecule has 0 heterocycles. The molecule has 1 amide bonds. The molecule has 1 aromatic rings. The van der Waals surface area contributed by atoms with Gasteiger partial charge in [0, 0.05) is 17.1 Å². The third kappa shape index (κ3) is 3.14. The summed E-state index contributed by atoms with van der Waals surface area (Å²) in [5.74, 6) is 0.678. The van der Waals surface area contributed by atoms with Crippen molar-refractivity contribution in [3.63, 3.8) is 0 Å². The molecule has 0 radical (unpaired) electrons. The number of hydrogen-bond acceptors (Lipinski definition) is 1. The van der Waals surface area contributed by atoms with Crippen molar-refractivity contribution in [2.24, 2.45) is 5.92 Å². The molecular weight excluding hydrogens is 290 g/mol. The summed E-state index contributed by atoms with van der Waals surface area (Å²) >= 11 is 3.50. The Balaban J connectivity index is 2.22. The highest BCUT2D eigenvalue weighted by Crippen LogP contribution is 2.30. The number of rotatable bonds is 4. The van der Waals surface area contributed by atoms with Crippen molar-refractivity contribution in [2.45, 2.75) is 39.7 Å². The molecule has 1 saturated carbocycles. The van der Waals surface area contributed by atoms with E-state index in [-0.39, 0.29) is 5.91 Å². The lowest BCUT2D eigenvalue weighted by Crippen LogP contribution is -2.36. The van der Waals surface area contributed by atoms with E-state index in [4.69, 9.17) is 0 Å². The first-order valence-corrected chi connectivity index (χ1v) is 7.35. The fraction of sp³-hybridized carbons (Fsp3) is 0.533. The van der Waals surface area contributed by atoms with Crippen LogP contribution < -0.4 is 0 Å². The molecule has 0 atom stereocenters. The van der Waals surface area contributed by atoms with Gasteiger partial charge in [-0.1, -0.05) is 19.9 Å². The first-order chi connectivity index (χ1) is 8.49. The Morgan fingerprint density at radius 2 is 2.11 bits per heavy atom. The Labute approximate surface area is 117 Å². The van der Waals surface area contributed by atoms with E-state index in [0.29, 0.717) is 12.0 Å². The fourth-order valence-corrected chi connectivity index (χ4v) is 2.79. The molecule has 0 N–H and O–H groups in total. The van der Waals surface area contributed by atoms with Crippen LogP contribution in [-0.4, -0.2) is 23.4 Å². The van der Waals surface area contributed by atoms with E-state index in [2.05, 4.69) is 29.8 Å². The summed E-state index contributed by atoms with van der Waals surface area (Å²) in [6.07, 6.45) is 2.31. The Bertz CT molecular complexity index is 452. The third-order valence-electron chi connectivity index (χ3n) is 3.17. The smallest absolute Gasteiger partial charge is 0.255 e. The van der Waals surface area contributed by atoms with Crippen LogP contribution in [0.5, 0.6) is 0 Å². The Kier molecular flexibility index (Phi) is 4.10. The van der Waals surface area contributed by atoms with Crippen LogP contribution in [0.25, 0.3) is 0 Å². The molecule has 0 spiro atoms. The summed E-state index contributed by atoms with van der Waals surface area (Å²) in [5.41, 5.74) is 1.95. The minimum atomic E-state index is 0.165. The van der Waals surface area contributed by atoms with Crippen LogP contribution in [0.2, 0.25) is 0 Å². The van der Waals surface area contributed by atoms with Crippen molar-refractivity contribution >= 4 is 21.8 Å². The molecule has 0 bridgehead atoms. The van der Waals surface area contributed by atoms with Crippen molar-refractivity contribution < 1.29 is 4.79 Å². The molecule has 18 heavy (non-hydrogen) atoms. The van der Waals surface area contributed by atoms with Gasteiger partial charge >= 0.3 is 0 Å². The van der Waals surface area contributed by atoms with E-state index >= 15 is 0 Å². The number of aryl methyl sites for hydroxylation is 1. The highest BCUT2D eigenvalue weighted by Gasteiger charge is 2.33. The standard InChI is InChI=1S/C15H20BrNO/c1-10(2)9-17(12-5-6-12)15(18)13-7-4-11(3)8-14(13)16/h4,7-8,10,12H,5-6,9H2,1-3H3. The van der Waals surface area contributed by atoms with Crippen molar-refractivity contribution in [1.29, 1.82) is 0 Å². The summed E-state index contributed by atoms with van der Waals surface area (Å²) < 4.78 is 0.905. The van der Waals surface area contributed by atoms with Crippen LogP contribution >= 0.6 is 15.9 Å². The van der Waals surface area contributed by atoms with Crippen molar-refractivity contribution in [2.75, 3.05) is 6.54 Å². The predicted octanol–water partition coefficient (Wildman–Crippen LogP) is 4.02. The summed E-state index contributed by atoms with van der Waals surface area (Å²) in [6.45, 7) is 7.20. The molecule has 1 fully saturated rings. The molecule has 0 aromatic heterocycles. The monoisotopic (exact) mass is 309 g/mol. The molecule has 2 rings (SSSR count). The van der Waals surface area contributed by atoms with Crippen molar-refractivity contribution in [3.05, 3.63) is 33.8 Å². The van der Waals surface area contributed by atoms with E-state index in [1.54, 1.807) is 0 Å². The molecule has 1 aromatic carbocycles. The first kappa shape index (κ1) is 13.6. The Morgan fingerprint density at radius 1 is 1.44 bits per heavy atom. The number of amides is 1. The highest BCUT2D eigenvalue weighted by molar-refractivity contribution is 9.10. The SMILES string of the molecule is Cc1ccc(C(=O)N(CC(C)C)C2CC2)c(Br)c1. The molecule has 2 nitrogen and oxygen atoms in total. The Morgan fingerprint density at radius 3 is 2.61 bits per heavy atom. The van der Waals surface area contributed by atoms with E-state index in [1.165, 1.54) is 5.56 Å². The van der Waals surface area contributed by atoms with Gasteiger partial charge in [-0.2, -0.15) is 0 Å². The largest absolute Gasteiger partial charge is 0.335 e. The van der Waals surface area contributed by atoms with Crippen LogP contribution in [-0.2, 0) is 0 Å². The van der Waals surface area contributed by atoms with Gasteiger partial charge in [-0.15, -0.1) is 0 Å².